The Balaban J connectivity index is 1.72. The smallest absolute Gasteiger partial charge is 0.122 e. The number of aromatic nitrogens is 2. The van der Waals surface area contributed by atoms with Gasteiger partial charge < -0.3 is 9.88 Å². The van der Waals surface area contributed by atoms with Crippen LogP contribution in [0.25, 0.3) is 0 Å². The molecule has 0 spiro atoms. The zero-order valence-corrected chi connectivity index (χ0v) is 10.3. The van der Waals surface area contributed by atoms with Crippen LogP contribution >= 0.6 is 11.3 Å². The van der Waals surface area contributed by atoms with Crippen LogP contribution in [0.15, 0.2) is 29.9 Å². The number of nitrogens with one attached hydrogen (secondary N) is 1. The summed E-state index contributed by atoms with van der Waals surface area (Å²) in [5.41, 5.74) is 0. The Morgan fingerprint density at radius 2 is 2.44 bits per heavy atom. The summed E-state index contributed by atoms with van der Waals surface area (Å²) in [6.07, 6.45) is 4.99. The fourth-order valence-electron chi connectivity index (χ4n) is 1.66. The van der Waals surface area contributed by atoms with Crippen molar-refractivity contribution >= 4 is 11.3 Å². The number of imidazole rings is 1. The number of hydrogen-bond acceptors (Lipinski definition) is 3. The molecule has 3 nitrogen and oxygen atoms in total. The monoisotopic (exact) mass is 235 g/mol. The van der Waals surface area contributed by atoms with Gasteiger partial charge >= 0.3 is 0 Å². The van der Waals surface area contributed by atoms with E-state index in [-0.39, 0.29) is 0 Å². The van der Waals surface area contributed by atoms with Gasteiger partial charge in [-0.1, -0.05) is 6.07 Å². The highest BCUT2D eigenvalue weighted by Gasteiger charge is 2.00. The van der Waals surface area contributed by atoms with Crippen LogP contribution in [0.3, 0.4) is 0 Å². The van der Waals surface area contributed by atoms with Crippen LogP contribution in [0.4, 0.5) is 0 Å². The zero-order valence-electron chi connectivity index (χ0n) is 9.52. The lowest BCUT2D eigenvalue weighted by Gasteiger charge is -2.05. The quantitative estimate of drug-likeness (QED) is 0.779. The number of thiophene rings is 1. The van der Waals surface area contributed by atoms with Crippen molar-refractivity contribution in [3.63, 3.8) is 0 Å². The van der Waals surface area contributed by atoms with E-state index in [1.165, 1.54) is 4.88 Å². The molecule has 0 unspecified atom stereocenters. The first-order valence-electron chi connectivity index (χ1n) is 5.63. The van der Waals surface area contributed by atoms with Gasteiger partial charge in [0.05, 0.1) is 6.54 Å². The summed E-state index contributed by atoms with van der Waals surface area (Å²) in [6.45, 7) is 4.99. The number of hydrogen-bond donors (Lipinski definition) is 1. The summed E-state index contributed by atoms with van der Waals surface area (Å²) in [5, 5.41) is 5.55. The third-order valence-corrected chi connectivity index (χ3v) is 3.49. The van der Waals surface area contributed by atoms with Crippen molar-refractivity contribution < 1.29 is 0 Å². The van der Waals surface area contributed by atoms with Crippen molar-refractivity contribution in [1.29, 1.82) is 0 Å². The summed E-state index contributed by atoms with van der Waals surface area (Å²) in [6, 6.07) is 4.28. The van der Waals surface area contributed by atoms with Crippen molar-refractivity contribution in [1.82, 2.24) is 14.9 Å². The summed E-state index contributed by atoms with van der Waals surface area (Å²) in [4.78, 5) is 5.76. The van der Waals surface area contributed by atoms with Crippen molar-refractivity contribution in [2.45, 2.75) is 26.4 Å². The van der Waals surface area contributed by atoms with E-state index in [0.29, 0.717) is 0 Å². The van der Waals surface area contributed by atoms with Crippen molar-refractivity contribution in [3.8, 4) is 0 Å². The molecule has 2 heterocycles. The molecule has 1 N–H and O–H groups in total. The molecule has 0 radical (unpaired) electrons. The maximum Gasteiger partial charge on any atom is 0.122 e. The van der Waals surface area contributed by atoms with Gasteiger partial charge in [0.15, 0.2) is 0 Å². The van der Waals surface area contributed by atoms with Crippen molar-refractivity contribution in [2.24, 2.45) is 0 Å². The molecule has 0 atom stereocenters. The van der Waals surface area contributed by atoms with Crippen molar-refractivity contribution in [2.75, 3.05) is 6.54 Å². The molecule has 86 valence electrons. The maximum absolute atomic E-state index is 4.32. The molecule has 2 aromatic rings. The Morgan fingerprint density at radius 3 is 3.19 bits per heavy atom. The average Bonchev–Trinajstić information content (AvgIpc) is 2.95. The molecular formula is C12H17N3S. The highest BCUT2D eigenvalue weighted by molar-refractivity contribution is 7.09. The lowest BCUT2D eigenvalue weighted by molar-refractivity contribution is 0.614. The molecule has 0 aliphatic heterocycles. The summed E-state index contributed by atoms with van der Waals surface area (Å²) in [5.74, 6) is 1.12. The first-order chi connectivity index (χ1) is 7.90. The van der Waals surface area contributed by atoms with Gasteiger partial charge in [-0.25, -0.2) is 4.98 Å². The summed E-state index contributed by atoms with van der Waals surface area (Å²) in [7, 11) is 0. The molecule has 0 aliphatic rings. The SMILES string of the molecule is CCn1ccnc1CNCCc1cccs1. The molecule has 0 amide bonds. The van der Waals surface area contributed by atoms with Crippen LogP contribution < -0.4 is 5.32 Å². The molecule has 0 fully saturated rings. The Labute approximate surface area is 100 Å². The number of nitrogens with zero attached hydrogens (tertiary/aromatic N) is 2. The number of aryl methyl sites for hydroxylation is 1. The molecule has 16 heavy (non-hydrogen) atoms. The Bertz CT molecular complexity index is 406. The second-order valence-corrected chi connectivity index (χ2v) is 4.67. The van der Waals surface area contributed by atoms with Gasteiger partial charge in [0.1, 0.15) is 5.82 Å². The predicted octanol–water partition coefficient (Wildman–Crippen LogP) is 2.30. The second-order valence-electron chi connectivity index (χ2n) is 3.64. The largest absolute Gasteiger partial charge is 0.334 e. The molecule has 0 bridgehead atoms. The van der Waals surface area contributed by atoms with Gasteiger partial charge in [0.2, 0.25) is 0 Å². The third kappa shape index (κ3) is 2.93. The topological polar surface area (TPSA) is 29.9 Å². The van der Waals surface area contributed by atoms with Crippen LogP contribution in [0, 0.1) is 0 Å². The van der Waals surface area contributed by atoms with Gasteiger partial charge in [-0.05, 0) is 24.8 Å². The lowest BCUT2D eigenvalue weighted by atomic mass is 10.3. The van der Waals surface area contributed by atoms with Gasteiger partial charge in [-0.3, -0.25) is 0 Å². The molecule has 0 aliphatic carbocycles. The van der Waals surface area contributed by atoms with Gasteiger partial charge in [0.25, 0.3) is 0 Å². The molecule has 0 saturated carbocycles. The van der Waals surface area contributed by atoms with Gasteiger partial charge in [-0.15, -0.1) is 11.3 Å². The minimum atomic E-state index is 0.853. The highest BCUT2D eigenvalue weighted by Crippen LogP contribution is 2.08. The molecular weight excluding hydrogens is 218 g/mol. The first kappa shape index (κ1) is 11.4. The van der Waals surface area contributed by atoms with Crippen LogP contribution in [-0.4, -0.2) is 16.1 Å². The standard InChI is InChI=1S/C12H17N3S/c1-2-15-8-7-14-12(15)10-13-6-5-11-4-3-9-16-11/h3-4,7-9,13H,2,5-6,10H2,1H3. The van der Waals surface area contributed by atoms with E-state index >= 15 is 0 Å². The van der Waals surface area contributed by atoms with E-state index in [1.54, 1.807) is 0 Å². The number of rotatable bonds is 6. The minimum absolute atomic E-state index is 0.853. The van der Waals surface area contributed by atoms with E-state index in [1.807, 2.05) is 23.7 Å². The van der Waals surface area contributed by atoms with E-state index in [2.05, 4.69) is 39.3 Å². The minimum Gasteiger partial charge on any atom is -0.334 e. The Morgan fingerprint density at radius 1 is 1.50 bits per heavy atom. The van der Waals surface area contributed by atoms with E-state index in [0.717, 1.165) is 31.9 Å². The molecule has 0 saturated heterocycles. The van der Waals surface area contributed by atoms with Gasteiger partial charge in [0, 0.05) is 30.4 Å². The fraction of sp³-hybridized carbons (Fsp3) is 0.417. The zero-order chi connectivity index (χ0) is 11.2. The molecule has 0 aromatic carbocycles. The van der Waals surface area contributed by atoms with E-state index < -0.39 is 0 Å². The Kier molecular flexibility index (Phi) is 4.13. The summed E-state index contributed by atoms with van der Waals surface area (Å²) >= 11 is 1.82. The lowest BCUT2D eigenvalue weighted by Crippen LogP contribution is -2.19. The van der Waals surface area contributed by atoms with Crippen LogP contribution in [0.1, 0.15) is 17.6 Å². The second kappa shape index (κ2) is 5.82. The van der Waals surface area contributed by atoms with Gasteiger partial charge in [-0.2, -0.15) is 0 Å². The third-order valence-electron chi connectivity index (χ3n) is 2.55. The van der Waals surface area contributed by atoms with Crippen molar-refractivity contribution in [3.05, 3.63) is 40.6 Å². The Hall–Kier alpha value is -1.13. The fourth-order valence-corrected chi connectivity index (χ4v) is 2.37. The predicted molar refractivity (Wildman–Crippen MR) is 67.6 cm³/mol. The normalized spacial score (nSPS) is 10.8. The molecule has 2 aromatic heterocycles. The van der Waals surface area contributed by atoms with Crippen LogP contribution in [0.2, 0.25) is 0 Å². The van der Waals surface area contributed by atoms with Crippen LogP contribution in [0.5, 0.6) is 0 Å². The molecule has 2 rings (SSSR count). The molecule has 4 heteroatoms. The first-order valence-corrected chi connectivity index (χ1v) is 6.51. The average molecular weight is 235 g/mol. The highest BCUT2D eigenvalue weighted by atomic mass is 32.1. The maximum atomic E-state index is 4.32. The van der Waals surface area contributed by atoms with Crippen LogP contribution in [-0.2, 0) is 19.5 Å². The summed E-state index contributed by atoms with van der Waals surface area (Å²) < 4.78 is 2.16. The van der Waals surface area contributed by atoms with E-state index in [9.17, 15) is 0 Å². The van der Waals surface area contributed by atoms with E-state index in [4.69, 9.17) is 0 Å².